The number of aryl methyl sites for hydroxylation is 1. The second kappa shape index (κ2) is 9.56. The van der Waals surface area contributed by atoms with E-state index in [1.54, 1.807) is 5.57 Å². The number of hydrogen-bond acceptors (Lipinski definition) is 1. The van der Waals surface area contributed by atoms with Gasteiger partial charge in [-0.3, -0.25) is 0 Å². The highest BCUT2D eigenvalue weighted by Gasteiger charge is 2.58. The Bertz CT molecular complexity index is 2210. The van der Waals surface area contributed by atoms with Crippen molar-refractivity contribution in [2.24, 2.45) is 5.92 Å². The third-order valence-electron chi connectivity index (χ3n) is 11.5. The van der Waals surface area contributed by atoms with Gasteiger partial charge in [0.25, 0.3) is 0 Å². The molecule has 0 aliphatic heterocycles. The molecule has 0 bridgehead atoms. The van der Waals surface area contributed by atoms with Crippen LogP contribution in [0.1, 0.15) is 72.4 Å². The topological polar surface area (TPSA) is 3.24 Å². The highest BCUT2D eigenvalue weighted by molar-refractivity contribution is 6.07. The Morgan fingerprint density at radius 1 is 0.674 bits per heavy atom. The van der Waals surface area contributed by atoms with Gasteiger partial charge < -0.3 is 4.90 Å². The molecule has 0 N–H and O–H groups in total. The molecule has 4 aromatic rings. The van der Waals surface area contributed by atoms with Gasteiger partial charge in [-0.2, -0.15) is 0 Å². The fraction of sp³-hybridized carbons (Fsp3) is 0.200. The molecular formula is C45H37N. The van der Waals surface area contributed by atoms with E-state index in [4.69, 9.17) is 0 Å². The van der Waals surface area contributed by atoms with Gasteiger partial charge in [-0.25, -0.2) is 0 Å². The monoisotopic (exact) mass is 591 g/mol. The van der Waals surface area contributed by atoms with Crippen molar-refractivity contribution in [3.05, 3.63) is 172 Å². The van der Waals surface area contributed by atoms with Crippen molar-refractivity contribution in [1.82, 2.24) is 0 Å². The minimum absolute atomic E-state index is 0.191. The zero-order valence-electron chi connectivity index (χ0n) is 26.6. The molecule has 6 aliphatic rings. The van der Waals surface area contributed by atoms with Gasteiger partial charge in [0.1, 0.15) is 0 Å². The van der Waals surface area contributed by atoms with Gasteiger partial charge in [0.15, 0.2) is 0 Å². The van der Waals surface area contributed by atoms with Crippen LogP contribution in [0.5, 0.6) is 0 Å². The molecule has 46 heavy (non-hydrogen) atoms. The summed E-state index contributed by atoms with van der Waals surface area (Å²) in [6.07, 6.45) is 22.3. The van der Waals surface area contributed by atoms with E-state index in [2.05, 4.69) is 140 Å². The van der Waals surface area contributed by atoms with Gasteiger partial charge in [-0.1, -0.05) is 104 Å². The predicted molar refractivity (Wildman–Crippen MR) is 192 cm³/mol. The standard InChI is InChI=1S/C45H37N/c1-28-12-6-7-15-33(28)40-26-31(23-22-29(40)2)46(30-13-4-3-5-14-30)32-24-25-35-37-18-11-20-39-38-19-10-17-36-34-16-8-9-21-41(34)45(43(36)38,44(37)39)42(35)27-32/h4,6-8,10-20,23-27,29H,3,5,9,21-22H2,1-2H3. The van der Waals surface area contributed by atoms with Crippen LogP contribution in [0.25, 0.3) is 33.4 Å². The van der Waals surface area contributed by atoms with E-state index < -0.39 is 0 Å². The summed E-state index contributed by atoms with van der Waals surface area (Å²) in [6, 6.07) is 30.3. The third-order valence-corrected chi connectivity index (χ3v) is 11.5. The molecule has 0 saturated heterocycles. The van der Waals surface area contributed by atoms with Crippen molar-refractivity contribution in [3.8, 4) is 22.3 Å². The number of rotatable bonds is 4. The molecule has 0 saturated carbocycles. The number of nitrogens with zero attached hydrogens (tertiary/aromatic N) is 1. The number of allylic oxidation sites excluding steroid dienone is 10. The summed E-state index contributed by atoms with van der Waals surface area (Å²) in [5.74, 6) is 0.478. The molecule has 1 heteroatoms. The van der Waals surface area contributed by atoms with Crippen LogP contribution in [0.15, 0.2) is 138 Å². The lowest BCUT2D eigenvalue weighted by atomic mass is 9.70. The van der Waals surface area contributed by atoms with E-state index in [1.165, 1.54) is 83.9 Å². The highest BCUT2D eigenvalue weighted by Crippen LogP contribution is 2.70. The molecule has 0 fully saturated rings. The Balaban J connectivity index is 1.21. The van der Waals surface area contributed by atoms with Gasteiger partial charge in [-0.15, -0.1) is 0 Å². The first-order chi connectivity index (χ1) is 22.7. The summed E-state index contributed by atoms with van der Waals surface area (Å²) in [5.41, 5.74) is 22.5. The molecule has 2 unspecified atom stereocenters. The molecular weight excluding hydrogens is 555 g/mol. The zero-order valence-corrected chi connectivity index (χ0v) is 26.6. The smallest absolute Gasteiger partial charge is 0.0701 e. The van der Waals surface area contributed by atoms with Crippen LogP contribution in [0.2, 0.25) is 0 Å². The Hall–Kier alpha value is -4.88. The molecule has 0 amide bonds. The Kier molecular flexibility index (Phi) is 5.48. The molecule has 1 spiro atoms. The lowest BCUT2D eigenvalue weighted by Crippen LogP contribution is -2.27. The Morgan fingerprint density at radius 3 is 2.22 bits per heavy atom. The van der Waals surface area contributed by atoms with Crippen molar-refractivity contribution < 1.29 is 0 Å². The van der Waals surface area contributed by atoms with E-state index in [-0.39, 0.29) is 5.41 Å². The van der Waals surface area contributed by atoms with Crippen molar-refractivity contribution in [2.75, 3.05) is 4.90 Å². The Morgan fingerprint density at radius 2 is 1.41 bits per heavy atom. The number of anilines is 1. The van der Waals surface area contributed by atoms with Crippen LogP contribution in [0.4, 0.5) is 5.69 Å². The second-order valence-corrected chi connectivity index (χ2v) is 13.9. The van der Waals surface area contributed by atoms with E-state index >= 15 is 0 Å². The van der Waals surface area contributed by atoms with Crippen molar-refractivity contribution in [3.63, 3.8) is 0 Å². The SMILES string of the molecule is Cc1ccccc1C1=CC(N(C2=CCCC=C2)c2ccc3c(c2)C24C5=C(C=CCC5)c5cccc(c52)-c2cccc-3c24)=CCC1C. The number of benzene rings is 4. The van der Waals surface area contributed by atoms with E-state index in [0.717, 1.165) is 32.1 Å². The number of hydrogen-bond donors (Lipinski definition) is 0. The van der Waals surface area contributed by atoms with E-state index in [0.29, 0.717) is 5.92 Å². The average molecular weight is 592 g/mol. The summed E-state index contributed by atoms with van der Waals surface area (Å²) >= 11 is 0. The molecule has 0 heterocycles. The van der Waals surface area contributed by atoms with Crippen LogP contribution < -0.4 is 4.90 Å². The van der Waals surface area contributed by atoms with Gasteiger partial charge in [0.2, 0.25) is 0 Å². The van der Waals surface area contributed by atoms with Gasteiger partial charge >= 0.3 is 0 Å². The third kappa shape index (κ3) is 3.31. The first kappa shape index (κ1) is 26.3. The zero-order chi connectivity index (χ0) is 30.6. The molecule has 4 aromatic carbocycles. The molecule has 1 nitrogen and oxygen atoms in total. The average Bonchev–Trinajstić information content (AvgIpc) is 3.69. The van der Waals surface area contributed by atoms with Gasteiger partial charge in [0, 0.05) is 17.1 Å². The maximum absolute atomic E-state index is 2.57. The molecule has 6 aliphatic carbocycles. The second-order valence-electron chi connectivity index (χ2n) is 13.9. The van der Waals surface area contributed by atoms with Crippen molar-refractivity contribution >= 4 is 16.8 Å². The lowest BCUT2D eigenvalue weighted by molar-refractivity contribution is 0.730. The summed E-state index contributed by atoms with van der Waals surface area (Å²) in [7, 11) is 0. The maximum Gasteiger partial charge on any atom is 0.0701 e. The van der Waals surface area contributed by atoms with Gasteiger partial charge in [-0.05, 0) is 142 Å². The first-order valence-electron chi connectivity index (χ1n) is 17.1. The van der Waals surface area contributed by atoms with Crippen LogP contribution in [0, 0.1) is 12.8 Å². The van der Waals surface area contributed by atoms with Gasteiger partial charge in [0.05, 0.1) is 5.41 Å². The largest absolute Gasteiger partial charge is 0.311 e. The maximum atomic E-state index is 2.57. The summed E-state index contributed by atoms with van der Waals surface area (Å²) in [6.45, 7) is 4.62. The predicted octanol–water partition coefficient (Wildman–Crippen LogP) is 11.5. The highest BCUT2D eigenvalue weighted by atomic mass is 15.2. The number of fused-ring (bicyclic) bond motifs is 4. The fourth-order valence-electron chi connectivity index (χ4n) is 9.58. The molecule has 2 atom stereocenters. The summed E-state index contributed by atoms with van der Waals surface area (Å²) in [4.78, 5) is 2.55. The quantitative estimate of drug-likeness (QED) is 0.228. The molecule has 0 radical (unpaired) electrons. The van der Waals surface area contributed by atoms with Crippen LogP contribution in [-0.2, 0) is 5.41 Å². The minimum atomic E-state index is -0.191. The lowest BCUT2D eigenvalue weighted by Gasteiger charge is -2.34. The molecule has 222 valence electrons. The van der Waals surface area contributed by atoms with Crippen LogP contribution >= 0.6 is 0 Å². The molecule has 0 aromatic heterocycles. The van der Waals surface area contributed by atoms with Crippen LogP contribution in [0.3, 0.4) is 0 Å². The Labute approximate surface area is 272 Å². The van der Waals surface area contributed by atoms with E-state index in [9.17, 15) is 0 Å². The van der Waals surface area contributed by atoms with Crippen molar-refractivity contribution in [1.29, 1.82) is 0 Å². The first-order valence-corrected chi connectivity index (χ1v) is 17.1. The molecule has 10 rings (SSSR count). The van der Waals surface area contributed by atoms with Crippen molar-refractivity contribution in [2.45, 2.75) is 51.4 Å². The van der Waals surface area contributed by atoms with E-state index in [1.807, 2.05) is 0 Å². The fourth-order valence-corrected chi connectivity index (χ4v) is 9.58. The minimum Gasteiger partial charge on any atom is -0.311 e. The normalized spacial score (nSPS) is 22.6. The van der Waals surface area contributed by atoms with Crippen LogP contribution in [-0.4, -0.2) is 0 Å². The summed E-state index contributed by atoms with van der Waals surface area (Å²) < 4.78 is 0. The summed E-state index contributed by atoms with van der Waals surface area (Å²) in [5, 5.41) is 0.